The van der Waals surface area contributed by atoms with Crippen molar-refractivity contribution in [3.8, 4) is 0 Å². The van der Waals surface area contributed by atoms with Gasteiger partial charge in [0.2, 0.25) is 5.95 Å². The van der Waals surface area contributed by atoms with Gasteiger partial charge < -0.3 is 10.2 Å². The predicted octanol–water partition coefficient (Wildman–Crippen LogP) is 4.24. The first-order valence-electron chi connectivity index (χ1n) is 8.60. The van der Waals surface area contributed by atoms with Crippen LogP contribution in [-0.2, 0) is 0 Å². The van der Waals surface area contributed by atoms with Crippen molar-refractivity contribution < 1.29 is 4.79 Å². The number of benzene rings is 1. The highest BCUT2D eigenvalue weighted by atomic mass is 35.5. The fraction of sp³-hybridized carbons (Fsp3) is 0.421. The smallest absolute Gasteiger partial charge is 0.259 e. The molecule has 1 aromatic carbocycles. The van der Waals surface area contributed by atoms with E-state index in [1.54, 1.807) is 12.3 Å². The molecule has 0 saturated carbocycles. The average molecular weight is 359 g/mol. The first-order chi connectivity index (χ1) is 11.9. The molecule has 1 saturated heterocycles. The summed E-state index contributed by atoms with van der Waals surface area (Å²) < 4.78 is 0. The van der Waals surface area contributed by atoms with Gasteiger partial charge in [0, 0.05) is 30.0 Å². The Kier molecular flexibility index (Phi) is 5.23. The van der Waals surface area contributed by atoms with E-state index in [-0.39, 0.29) is 5.91 Å². The van der Waals surface area contributed by atoms with Crippen LogP contribution in [0.4, 0.5) is 11.6 Å². The predicted molar refractivity (Wildman–Crippen MR) is 102 cm³/mol. The van der Waals surface area contributed by atoms with E-state index in [1.165, 1.54) is 0 Å². The summed E-state index contributed by atoms with van der Waals surface area (Å²) in [7, 11) is 0. The number of carbonyl (C=O) groups is 1. The third kappa shape index (κ3) is 4.10. The fourth-order valence-electron chi connectivity index (χ4n) is 2.91. The zero-order chi connectivity index (χ0) is 18.0. The lowest BCUT2D eigenvalue weighted by molar-refractivity contribution is 0.102. The molecule has 1 aromatic heterocycles. The van der Waals surface area contributed by atoms with Crippen molar-refractivity contribution in [1.82, 2.24) is 9.97 Å². The van der Waals surface area contributed by atoms with Crippen LogP contribution < -0.4 is 10.2 Å². The van der Waals surface area contributed by atoms with Crippen molar-refractivity contribution >= 4 is 29.1 Å². The number of piperidine rings is 1. The Bertz CT molecular complexity index is 785. The summed E-state index contributed by atoms with van der Waals surface area (Å²) in [6, 6.07) is 5.45. The summed E-state index contributed by atoms with van der Waals surface area (Å²) in [6.45, 7) is 7.97. The molecule has 1 amide bonds. The van der Waals surface area contributed by atoms with E-state index < -0.39 is 0 Å². The van der Waals surface area contributed by atoms with Gasteiger partial charge in [-0.1, -0.05) is 24.6 Å². The Morgan fingerprint density at radius 1 is 1.28 bits per heavy atom. The first-order valence-corrected chi connectivity index (χ1v) is 8.98. The van der Waals surface area contributed by atoms with E-state index in [4.69, 9.17) is 11.6 Å². The van der Waals surface area contributed by atoms with Gasteiger partial charge in [-0.25, -0.2) is 9.97 Å². The fourth-order valence-corrected chi connectivity index (χ4v) is 3.09. The highest BCUT2D eigenvalue weighted by Crippen LogP contribution is 2.22. The largest absolute Gasteiger partial charge is 0.341 e. The summed E-state index contributed by atoms with van der Waals surface area (Å²) in [5, 5.41) is 3.48. The lowest BCUT2D eigenvalue weighted by Crippen LogP contribution is -2.34. The quantitative estimate of drug-likeness (QED) is 0.891. The van der Waals surface area contributed by atoms with Crippen LogP contribution in [0.5, 0.6) is 0 Å². The second kappa shape index (κ2) is 7.40. The van der Waals surface area contributed by atoms with Crippen molar-refractivity contribution in [2.45, 2.75) is 33.6 Å². The molecule has 1 aliphatic rings. The number of aromatic nitrogens is 2. The van der Waals surface area contributed by atoms with Crippen LogP contribution in [0.25, 0.3) is 0 Å². The van der Waals surface area contributed by atoms with E-state index in [0.29, 0.717) is 27.9 Å². The highest BCUT2D eigenvalue weighted by molar-refractivity contribution is 6.31. The number of halogens is 1. The van der Waals surface area contributed by atoms with Gasteiger partial charge >= 0.3 is 0 Å². The molecule has 0 bridgehead atoms. The number of nitrogens with zero attached hydrogens (tertiary/aromatic N) is 3. The molecule has 0 radical (unpaired) electrons. The molecule has 1 fully saturated rings. The molecule has 1 N–H and O–H groups in total. The van der Waals surface area contributed by atoms with E-state index >= 15 is 0 Å². The number of hydrogen-bond acceptors (Lipinski definition) is 4. The number of aryl methyl sites for hydroxylation is 2. The molecular weight excluding hydrogens is 336 g/mol. The van der Waals surface area contributed by atoms with E-state index in [2.05, 4.69) is 27.1 Å². The molecule has 25 heavy (non-hydrogen) atoms. The minimum absolute atomic E-state index is 0.226. The van der Waals surface area contributed by atoms with Crippen LogP contribution in [0.1, 0.15) is 41.4 Å². The molecular formula is C19H23ClN4O. The summed E-state index contributed by atoms with van der Waals surface area (Å²) >= 11 is 6.11. The average Bonchev–Trinajstić information content (AvgIpc) is 2.58. The lowest BCUT2D eigenvalue weighted by Gasteiger charge is -2.30. The van der Waals surface area contributed by atoms with Crippen LogP contribution >= 0.6 is 11.6 Å². The van der Waals surface area contributed by atoms with Crippen LogP contribution in [0, 0.1) is 19.8 Å². The number of carbonyl (C=O) groups excluding carboxylic acids is 1. The standard InChI is InChI=1S/C19H23ClN4O/c1-12-6-8-24(9-7-12)19-21-11-16(14(3)22-19)18(25)23-15-5-4-13(2)17(20)10-15/h4-5,10-12H,6-9H2,1-3H3,(H,23,25). The maximum absolute atomic E-state index is 12.5. The zero-order valence-electron chi connectivity index (χ0n) is 14.8. The topological polar surface area (TPSA) is 58.1 Å². The summed E-state index contributed by atoms with van der Waals surface area (Å²) in [5.74, 6) is 1.24. The Balaban J connectivity index is 1.73. The first kappa shape index (κ1) is 17.7. The SMILES string of the molecule is Cc1ccc(NC(=O)c2cnc(N3CCC(C)CC3)nc2C)cc1Cl. The maximum atomic E-state index is 12.5. The third-order valence-corrected chi connectivity index (χ3v) is 5.11. The van der Waals surface area contributed by atoms with Crippen molar-refractivity contribution in [2.75, 3.05) is 23.3 Å². The summed E-state index contributed by atoms with van der Waals surface area (Å²) in [5.41, 5.74) is 2.79. The number of nitrogens with one attached hydrogen (secondary N) is 1. The molecule has 3 rings (SSSR count). The molecule has 132 valence electrons. The molecule has 0 atom stereocenters. The van der Waals surface area contributed by atoms with E-state index in [9.17, 15) is 4.79 Å². The Labute approximate surface area is 153 Å². The van der Waals surface area contributed by atoms with Gasteiger partial charge in [0.1, 0.15) is 0 Å². The third-order valence-electron chi connectivity index (χ3n) is 4.71. The van der Waals surface area contributed by atoms with Crippen LogP contribution in [-0.4, -0.2) is 29.0 Å². The molecule has 5 nitrogen and oxygen atoms in total. The van der Waals surface area contributed by atoms with Gasteiger partial charge in [0.15, 0.2) is 0 Å². The lowest BCUT2D eigenvalue weighted by atomic mass is 10.00. The number of hydrogen-bond donors (Lipinski definition) is 1. The minimum atomic E-state index is -0.226. The number of anilines is 2. The molecule has 2 heterocycles. The van der Waals surface area contributed by atoms with Gasteiger partial charge in [-0.05, 0) is 50.3 Å². The monoisotopic (exact) mass is 358 g/mol. The van der Waals surface area contributed by atoms with Crippen molar-refractivity contribution in [1.29, 1.82) is 0 Å². The van der Waals surface area contributed by atoms with Crippen molar-refractivity contribution in [2.24, 2.45) is 5.92 Å². The van der Waals surface area contributed by atoms with Crippen LogP contribution in [0.2, 0.25) is 5.02 Å². The summed E-state index contributed by atoms with van der Waals surface area (Å²) in [4.78, 5) is 23.7. The van der Waals surface area contributed by atoms with Gasteiger partial charge in [-0.2, -0.15) is 0 Å². The molecule has 2 aromatic rings. The normalized spacial score (nSPS) is 15.3. The number of rotatable bonds is 3. The molecule has 6 heteroatoms. The molecule has 1 aliphatic heterocycles. The second-order valence-electron chi connectivity index (χ2n) is 6.76. The van der Waals surface area contributed by atoms with Gasteiger partial charge in [0.05, 0.1) is 11.3 Å². The summed E-state index contributed by atoms with van der Waals surface area (Å²) in [6.07, 6.45) is 3.92. The highest BCUT2D eigenvalue weighted by Gasteiger charge is 2.20. The van der Waals surface area contributed by atoms with Crippen LogP contribution in [0.3, 0.4) is 0 Å². The number of amides is 1. The van der Waals surface area contributed by atoms with Crippen LogP contribution in [0.15, 0.2) is 24.4 Å². The maximum Gasteiger partial charge on any atom is 0.259 e. The van der Waals surface area contributed by atoms with E-state index in [0.717, 1.165) is 37.4 Å². The van der Waals surface area contributed by atoms with Crippen molar-refractivity contribution in [3.05, 3.63) is 46.2 Å². The van der Waals surface area contributed by atoms with Gasteiger partial charge in [0.25, 0.3) is 5.91 Å². The Morgan fingerprint density at radius 3 is 2.64 bits per heavy atom. The second-order valence-corrected chi connectivity index (χ2v) is 7.16. The molecule has 0 spiro atoms. The van der Waals surface area contributed by atoms with Crippen molar-refractivity contribution in [3.63, 3.8) is 0 Å². The Hall–Kier alpha value is -2.14. The Morgan fingerprint density at radius 2 is 2.00 bits per heavy atom. The molecule has 0 unspecified atom stereocenters. The minimum Gasteiger partial charge on any atom is -0.341 e. The van der Waals surface area contributed by atoms with E-state index in [1.807, 2.05) is 26.0 Å². The van der Waals surface area contributed by atoms with Gasteiger partial charge in [-0.3, -0.25) is 4.79 Å². The molecule has 0 aliphatic carbocycles. The van der Waals surface area contributed by atoms with Gasteiger partial charge in [-0.15, -0.1) is 0 Å². The zero-order valence-corrected chi connectivity index (χ0v) is 15.6.